The summed E-state index contributed by atoms with van der Waals surface area (Å²) in [5.41, 5.74) is -0.361. The number of aromatic amines is 1. The molecule has 0 bridgehead atoms. The second-order valence-corrected chi connectivity index (χ2v) is 2.34. The summed E-state index contributed by atoms with van der Waals surface area (Å²) in [6.45, 7) is 0.0447. The third kappa shape index (κ3) is 1.88. The number of hydrogen-bond acceptors (Lipinski definition) is 5. The highest BCUT2D eigenvalue weighted by molar-refractivity contribution is 5.99. The fourth-order valence-electron chi connectivity index (χ4n) is 0.872. The highest BCUT2D eigenvalue weighted by Crippen LogP contribution is 2.14. The number of aromatic nitrogens is 2. The summed E-state index contributed by atoms with van der Waals surface area (Å²) in [5.74, 6) is -0.383. The molecule has 70 valence electrons. The first kappa shape index (κ1) is 9.33. The largest absolute Gasteiger partial charge is 0.317 e. The Kier molecular flexibility index (Phi) is 2.70. The minimum absolute atomic E-state index is 0.0447. The second-order valence-electron chi connectivity index (χ2n) is 2.34. The summed E-state index contributed by atoms with van der Waals surface area (Å²) in [5, 5.41) is 18.7. The number of H-pyrrole nitrogens is 1. The predicted octanol–water partition coefficient (Wildman–Crippen LogP) is -0.280. The molecule has 1 aromatic rings. The zero-order valence-electron chi connectivity index (χ0n) is 6.90. The van der Waals surface area contributed by atoms with Gasteiger partial charge < -0.3 is 5.32 Å². The van der Waals surface area contributed by atoms with Gasteiger partial charge in [0.15, 0.2) is 5.69 Å². The fourth-order valence-corrected chi connectivity index (χ4v) is 0.872. The van der Waals surface area contributed by atoms with Crippen molar-refractivity contribution >= 4 is 11.5 Å². The predicted molar refractivity (Wildman–Crippen MR) is 43.5 cm³/mol. The topological polar surface area (TPSA) is 101 Å². The lowest BCUT2D eigenvalue weighted by atomic mass is 10.2. The molecule has 0 saturated heterocycles. The number of nitrogens with one attached hydrogen (secondary N) is 2. The maximum absolute atomic E-state index is 11.2. The number of Topliss-reactive ketones (excluding diaryl/α,β-unsaturated/α-hetero) is 1. The van der Waals surface area contributed by atoms with Crippen molar-refractivity contribution in [2.75, 3.05) is 13.6 Å². The average Bonchev–Trinajstić information content (AvgIpc) is 2.52. The first-order valence-electron chi connectivity index (χ1n) is 3.52. The molecule has 0 aromatic carbocycles. The third-order valence-corrected chi connectivity index (χ3v) is 1.43. The maximum atomic E-state index is 11.2. The second kappa shape index (κ2) is 3.76. The van der Waals surface area contributed by atoms with Gasteiger partial charge in [-0.2, -0.15) is 5.10 Å². The zero-order chi connectivity index (χ0) is 9.84. The third-order valence-electron chi connectivity index (χ3n) is 1.43. The van der Waals surface area contributed by atoms with Gasteiger partial charge in [-0.05, 0) is 7.05 Å². The Morgan fingerprint density at radius 2 is 2.54 bits per heavy atom. The fraction of sp³-hybridized carbons (Fsp3) is 0.333. The standard InChI is InChI=1S/C6H8N4O3/c1-7-3-5(11)6-4(10(12)13)2-8-9-6/h2,7H,3H2,1H3,(H,8,9). The summed E-state index contributed by atoms with van der Waals surface area (Å²) < 4.78 is 0. The number of nitro groups is 1. The van der Waals surface area contributed by atoms with E-state index in [1.807, 2.05) is 0 Å². The molecule has 13 heavy (non-hydrogen) atoms. The van der Waals surface area contributed by atoms with Gasteiger partial charge in [-0.15, -0.1) is 0 Å². The van der Waals surface area contributed by atoms with Crippen LogP contribution in [-0.4, -0.2) is 34.5 Å². The Morgan fingerprint density at radius 3 is 3.08 bits per heavy atom. The van der Waals surface area contributed by atoms with E-state index in [9.17, 15) is 14.9 Å². The normalized spacial score (nSPS) is 9.92. The number of rotatable bonds is 4. The molecule has 0 aliphatic heterocycles. The summed E-state index contributed by atoms with van der Waals surface area (Å²) in [6, 6.07) is 0. The van der Waals surface area contributed by atoms with E-state index < -0.39 is 4.92 Å². The molecule has 1 heterocycles. The lowest BCUT2D eigenvalue weighted by Gasteiger charge is -1.94. The lowest BCUT2D eigenvalue weighted by molar-refractivity contribution is -0.385. The van der Waals surface area contributed by atoms with Crippen molar-refractivity contribution in [1.82, 2.24) is 15.5 Å². The zero-order valence-corrected chi connectivity index (χ0v) is 6.90. The van der Waals surface area contributed by atoms with E-state index >= 15 is 0 Å². The van der Waals surface area contributed by atoms with Crippen LogP contribution in [0.15, 0.2) is 6.20 Å². The van der Waals surface area contributed by atoms with Crippen molar-refractivity contribution in [2.45, 2.75) is 0 Å². The van der Waals surface area contributed by atoms with Crippen LogP contribution in [0.4, 0.5) is 5.69 Å². The Morgan fingerprint density at radius 1 is 1.85 bits per heavy atom. The van der Waals surface area contributed by atoms with E-state index in [2.05, 4.69) is 15.5 Å². The van der Waals surface area contributed by atoms with Crippen molar-refractivity contribution in [2.24, 2.45) is 0 Å². The van der Waals surface area contributed by atoms with Gasteiger partial charge in [-0.3, -0.25) is 20.0 Å². The molecule has 2 N–H and O–H groups in total. The monoisotopic (exact) mass is 184 g/mol. The van der Waals surface area contributed by atoms with Gasteiger partial charge in [0.25, 0.3) is 0 Å². The molecule has 0 aliphatic rings. The smallest absolute Gasteiger partial charge is 0.313 e. The van der Waals surface area contributed by atoms with Gasteiger partial charge >= 0.3 is 5.69 Å². The van der Waals surface area contributed by atoms with Crippen molar-refractivity contribution < 1.29 is 9.72 Å². The molecule has 7 heteroatoms. The molecule has 0 radical (unpaired) electrons. The molecule has 7 nitrogen and oxygen atoms in total. The summed E-state index contributed by atoms with van der Waals surface area (Å²) in [6.07, 6.45) is 1.02. The van der Waals surface area contributed by atoms with Crippen LogP contribution in [0.2, 0.25) is 0 Å². The SMILES string of the molecule is CNCC(=O)c1[nH]ncc1[N+](=O)[O-]. The number of carbonyl (C=O) groups is 1. The van der Waals surface area contributed by atoms with Gasteiger partial charge in [0.05, 0.1) is 11.5 Å². The van der Waals surface area contributed by atoms with Crippen LogP contribution in [0.1, 0.15) is 10.5 Å². The molecular weight excluding hydrogens is 176 g/mol. The van der Waals surface area contributed by atoms with E-state index in [1.54, 1.807) is 7.05 Å². The number of ketones is 1. The molecule has 0 saturated carbocycles. The van der Waals surface area contributed by atoms with Gasteiger partial charge in [0.2, 0.25) is 5.78 Å². The molecule has 0 unspecified atom stereocenters. The lowest BCUT2D eigenvalue weighted by Crippen LogP contribution is -2.19. The molecule has 0 spiro atoms. The van der Waals surface area contributed by atoms with Crippen molar-refractivity contribution in [3.63, 3.8) is 0 Å². The van der Waals surface area contributed by atoms with Crippen LogP contribution in [0.5, 0.6) is 0 Å². The van der Waals surface area contributed by atoms with E-state index in [1.165, 1.54) is 0 Å². The van der Waals surface area contributed by atoms with Gasteiger partial charge in [-0.25, -0.2) is 0 Å². The van der Waals surface area contributed by atoms with Gasteiger partial charge in [-0.1, -0.05) is 0 Å². The highest BCUT2D eigenvalue weighted by atomic mass is 16.6. The van der Waals surface area contributed by atoms with E-state index in [0.717, 1.165) is 6.20 Å². The summed E-state index contributed by atoms with van der Waals surface area (Å²) in [7, 11) is 1.58. The number of hydrogen-bond donors (Lipinski definition) is 2. The van der Waals surface area contributed by atoms with Crippen LogP contribution in [0.3, 0.4) is 0 Å². The molecular formula is C6H8N4O3. The Bertz CT molecular complexity index is 332. The van der Waals surface area contributed by atoms with Crippen LogP contribution < -0.4 is 5.32 Å². The molecule has 0 atom stereocenters. The number of nitrogens with zero attached hydrogens (tertiary/aromatic N) is 2. The molecule has 1 aromatic heterocycles. The maximum Gasteiger partial charge on any atom is 0.317 e. The first-order valence-corrected chi connectivity index (χ1v) is 3.52. The van der Waals surface area contributed by atoms with Crippen LogP contribution in [0, 0.1) is 10.1 Å². The molecule has 1 rings (SSSR count). The quantitative estimate of drug-likeness (QED) is 0.380. The van der Waals surface area contributed by atoms with E-state index in [4.69, 9.17) is 0 Å². The van der Waals surface area contributed by atoms with Crippen LogP contribution in [0.25, 0.3) is 0 Å². The van der Waals surface area contributed by atoms with Gasteiger partial charge in [0.1, 0.15) is 6.20 Å². The highest BCUT2D eigenvalue weighted by Gasteiger charge is 2.21. The Balaban J connectivity index is 2.93. The van der Waals surface area contributed by atoms with Crippen LogP contribution >= 0.6 is 0 Å². The summed E-state index contributed by atoms with van der Waals surface area (Å²) in [4.78, 5) is 20.9. The number of likely N-dealkylation sites (N-methyl/N-ethyl adjacent to an activating group) is 1. The molecule has 0 fully saturated rings. The minimum Gasteiger partial charge on any atom is -0.313 e. The van der Waals surface area contributed by atoms with Crippen molar-refractivity contribution in [3.8, 4) is 0 Å². The number of carbonyl (C=O) groups excluding carboxylic acids is 1. The average molecular weight is 184 g/mol. The minimum atomic E-state index is -0.646. The Labute approximate surface area is 73.3 Å². The van der Waals surface area contributed by atoms with Crippen molar-refractivity contribution in [1.29, 1.82) is 0 Å². The Hall–Kier alpha value is -1.76. The molecule has 0 aliphatic carbocycles. The van der Waals surface area contributed by atoms with E-state index in [-0.39, 0.29) is 23.7 Å². The first-order chi connectivity index (χ1) is 6.16. The summed E-state index contributed by atoms with van der Waals surface area (Å²) >= 11 is 0. The van der Waals surface area contributed by atoms with Crippen LogP contribution in [-0.2, 0) is 0 Å². The van der Waals surface area contributed by atoms with Gasteiger partial charge in [0, 0.05) is 0 Å². The molecule has 0 amide bonds. The van der Waals surface area contributed by atoms with E-state index in [0.29, 0.717) is 0 Å². The van der Waals surface area contributed by atoms with Crippen molar-refractivity contribution in [3.05, 3.63) is 22.0 Å².